The minimum Gasteiger partial charge on any atom is -0.412 e. The highest BCUT2D eigenvalue weighted by molar-refractivity contribution is 4.51. The largest absolute Gasteiger partial charge is 0.412 e. The Morgan fingerprint density at radius 2 is 2.50 bits per heavy atom. The molecule has 0 saturated carbocycles. The number of nitrogens with zero attached hydrogens (tertiary/aromatic N) is 1. The van der Waals surface area contributed by atoms with E-state index in [1.54, 1.807) is 6.07 Å². The average molecular weight is 60.1 g/mol. The molecule has 0 saturated heterocycles. The summed E-state index contributed by atoms with van der Waals surface area (Å²) in [6.07, 6.45) is 0. The summed E-state index contributed by atoms with van der Waals surface area (Å²) >= 11 is 0. The van der Waals surface area contributed by atoms with Gasteiger partial charge >= 0.3 is 0 Å². The summed E-state index contributed by atoms with van der Waals surface area (Å²) in [6.45, 7) is -0.125. The minimum atomic E-state index is -0.125. The van der Waals surface area contributed by atoms with Crippen molar-refractivity contribution in [3.63, 3.8) is 0 Å². The van der Waals surface area contributed by atoms with E-state index in [0.29, 0.717) is 0 Å². The van der Waals surface area contributed by atoms with Gasteiger partial charge in [-0.3, -0.25) is 0 Å². The minimum absolute atomic E-state index is 0. The monoisotopic (exact) mass is 60.0 g/mol. The molecule has 0 aliphatic heterocycles. The van der Waals surface area contributed by atoms with Gasteiger partial charge in [-0.05, 0) is 0 Å². The number of rotatable bonds is 0. The average Bonchev–Trinajstić information content (AvgIpc) is 1.37. The topological polar surface area (TPSA) is 55.3 Å². The van der Waals surface area contributed by atoms with Crippen LogP contribution in [0.15, 0.2) is 0 Å². The Morgan fingerprint density at radius 3 is 2.50 bits per heavy atom. The Kier molecular flexibility index (Phi) is 21.9. The number of hydrogen-bond acceptors (Lipinski definition) is 1. The van der Waals surface area contributed by atoms with Crippen LogP contribution in [0.2, 0.25) is 0 Å². The second-order valence-electron chi connectivity index (χ2n) is 0.158. The lowest BCUT2D eigenvalue weighted by atomic mass is 11.0. The van der Waals surface area contributed by atoms with E-state index in [4.69, 9.17) is 6.63 Å². The molecule has 0 spiro atoms. The van der Waals surface area contributed by atoms with Crippen LogP contribution in [-0.4, -0.2) is 5.48 Å². The van der Waals surface area contributed by atoms with Gasteiger partial charge < -0.3 is 5.48 Å². The summed E-state index contributed by atoms with van der Waals surface area (Å²) in [5, 5.41) is 7.44. The van der Waals surface area contributed by atoms with Crippen LogP contribution in [0, 0.1) is 11.3 Å². The Hall–Kier alpha value is -0.550. The van der Waals surface area contributed by atoms with Crippen LogP contribution in [0.5, 0.6) is 0 Å². The lowest BCUT2D eigenvalue weighted by Crippen LogP contribution is -1.10. The van der Waals surface area contributed by atoms with Crippen LogP contribution in [-0.2, 0) is 0 Å². The van der Waals surface area contributed by atoms with Gasteiger partial charge in [0.1, 0.15) is 0 Å². The zero-order chi connectivity index (χ0) is 3.41. The molecule has 4 heavy (non-hydrogen) atoms. The molecule has 0 aromatic carbocycles. The Morgan fingerprint density at radius 1 is 2.25 bits per heavy atom. The van der Waals surface area contributed by atoms with Crippen molar-refractivity contribution in [2.45, 2.75) is 6.90 Å². The molecule has 2 heteroatoms. The smallest absolute Gasteiger partial charge is 0.0587 e. The van der Waals surface area contributed by atoms with E-state index in [0.717, 1.165) is 0 Å². The van der Waals surface area contributed by atoms with Crippen LogP contribution in [0.25, 0.3) is 0 Å². The van der Waals surface area contributed by atoms with Crippen molar-refractivity contribution in [3.05, 3.63) is 0 Å². The number of nitriles is 1. The summed E-state index contributed by atoms with van der Waals surface area (Å²) in [4.78, 5) is 0. The van der Waals surface area contributed by atoms with Gasteiger partial charge in [-0.1, -0.05) is 0 Å². The summed E-state index contributed by atoms with van der Waals surface area (Å²) in [7, 11) is 0. The van der Waals surface area contributed by atoms with Gasteiger partial charge in [-0.15, -0.1) is 0 Å². The molecule has 0 radical (unpaired) electrons. The molecule has 0 aromatic heterocycles. The fourth-order valence-electron chi connectivity index (χ4n) is 0. The van der Waals surface area contributed by atoms with Crippen molar-refractivity contribution in [2.75, 3.05) is 0 Å². The molecule has 2 nitrogen and oxygen atoms in total. The van der Waals surface area contributed by atoms with E-state index in [-0.39, 0.29) is 12.4 Å². The van der Waals surface area contributed by atoms with E-state index in [9.17, 15) is 0 Å². The van der Waals surface area contributed by atoms with E-state index >= 15 is 0 Å². The lowest BCUT2D eigenvalue weighted by molar-refractivity contribution is 0.824. The molecule has 0 aliphatic rings. The Bertz CT molecular complexity index is 39.4. The van der Waals surface area contributed by atoms with E-state index < -0.39 is 0 Å². The van der Waals surface area contributed by atoms with E-state index in [2.05, 4.69) is 0 Å². The first-order chi connectivity index (χ1) is 1.91. The highest BCUT2D eigenvalue weighted by Crippen LogP contribution is 1.21. The van der Waals surface area contributed by atoms with Crippen molar-refractivity contribution < 1.29 is 6.85 Å². The van der Waals surface area contributed by atoms with E-state index in [1.807, 2.05) is 0 Å². The van der Waals surface area contributed by atoms with Crippen molar-refractivity contribution in [2.24, 2.45) is 0 Å². The fraction of sp³-hybridized carbons (Fsp3) is 0.500. The van der Waals surface area contributed by atoms with Crippen LogP contribution in [0.1, 0.15) is 8.27 Å². The molecule has 0 atom stereocenters. The lowest BCUT2D eigenvalue weighted by Gasteiger charge is -1.15. The van der Waals surface area contributed by atoms with Gasteiger partial charge in [0.05, 0.1) is 6.07 Å². The van der Waals surface area contributed by atoms with Gasteiger partial charge in [0.15, 0.2) is 0 Å². The molecular weight excluding hydrogens is 54.0 g/mol. The van der Waals surface area contributed by atoms with Crippen LogP contribution in [0.4, 0.5) is 0 Å². The van der Waals surface area contributed by atoms with Crippen LogP contribution in [0.3, 0.4) is 0 Å². The molecular formula is C2H5NO. The molecule has 2 N–H and O–H groups in total. The highest BCUT2D eigenvalue weighted by atomic mass is 16.0. The molecule has 0 aromatic rings. The van der Waals surface area contributed by atoms with Crippen molar-refractivity contribution >= 4 is 0 Å². The normalized spacial score (nSPS) is 5.25. The van der Waals surface area contributed by atoms with Crippen LogP contribution >= 0.6 is 0 Å². The molecule has 0 unspecified atom stereocenters. The zero-order valence-electron chi connectivity index (χ0n) is 3.15. The third-order valence-electron chi connectivity index (χ3n) is 0. The number of hydrogen-bond donors (Lipinski definition) is 0. The van der Waals surface area contributed by atoms with Crippen molar-refractivity contribution in [1.82, 2.24) is 0 Å². The van der Waals surface area contributed by atoms with Gasteiger partial charge in [0.2, 0.25) is 0 Å². The SMILES string of the molecule is O.[2H]CC#N. The summed E-state index contributed by atoms with van der Waals surface area (Å²) in [5.74, 6) is 0. The Balaban J connectivity index is 0. The maximum Gasteiger partial charge on any atom is 0.0587 e. The Labute approximate surface area is 26.4 Å². The fourth-order valence-corrected chi connectivity index (χ4v) is 0. The summed E-state index contributed by atoms with van der Waals surface area (Å²) < 4.78 is 6.09. The predicted molar refractivity (Wildman–Crippen MR) is 14.9 cm³/mol. The van der Waals surface area contributed by atoms with Gasteiger partial charge in [0, 0.05) is 8.27 Å². The summed E-state index contributed by atoms with van der Waals surface area (Å²) in [5.41, 5.74) is 0. The molecule has 0 rings (SSSR count). The molecule has 0 fully saturated rings. The molecule has 24 valence electrons. The van der Waals surface area contributed by atoms with Gasteiger partial charge in [-0.25, -0.2) is 0 Å². The van der Waals surface area contributed by atoms with Crippen molar-refractivity contribution in [3.8, 4) is 6.07 Å². The zero-order valence-corrected chi connectivity index (χ0v) is 2.15. The second-order valence-corrected chi connectivity index (χ2v) is 0.158. The summed E-state index contributed by atoms with van der Waals surface area (Å²) in [6, 6.07) is 1.60. The standard InChI is InChI=1S/C2H3N.H2O/c1-2-3;/h1H3;1H2/i1D;. The third kappa shape index (κ3) is 0.971. The molecule has 0 bridgehead atoms. The predicted octanol–water partition coefficient (Wildman–Crippen LogP) is -0.295. The van der Waals surface area contributed by atoms with Crippen LogP contribution < -0.4 is 0 Å². The first-order valence-corrected chi connectivity index (χ1v) is 0.577. The quantitative estimate of drug-likeness (QED) is 0.379. The highest BCUT2D eigenvalue weighted by Gasteiger charge is 1.17. The maximum atomic E-state index is 7.44. The molecule has 0 amide bonds. The van der Waals surface area contributed by atoms with Gasteiger partial charge in [-0.2, -0.15) is 5.26 Å². The van der Waals surface area contributed by atoms with Crippen molar-refractivity contribution in [1.29, 1.82) is 5.26 Å². The first-order valence-electron chi connectivity index (χ1n) is 1.28. The molecule has 0 heterocycles. The maximum absolute atomic E-state index is 7.44. The first kappa shape index (κ1) is 3.45. The van der Waals surface area contributed by atoms with Gasteiger partial charge in [0.25, 0.3) is 0 Å². The molecule has 0 aliphatic carbocycles. The van der Waals surface area contributed by atoms with E-state index in [1.165, 1.54) is 0 Å². The third-order valence-corrected chi connectivity index (χ3v) is 0. The second kappa shape index (κ2) is 25.4.